The summed E-state index contributed by atoms with van der Waals surface area (Å²) in [5, 5.41) is 10.4. The Bertz CT molecular complexity index is 493. The Labute approximate surface area is 126 Å². The lowest BCUT2D eigenvalue weighted by molar-refractivity contribution is 0.186. The molecule has 1 aromatic heterocycles. The van der Waals surface area contributed by atoms with Crippen molar-refractivity contribution in [3.05, 3.63) is 15.6 Å². The molecule has 2 rings (SSSR count). The molecule has 1 aliphatic heterocycles. The van der Waals surface area contributed by atoms with E-state index in [2.05, 4.69) is 38.7 Å². The minimum Gasteiger partial charge on any atom is -0.303 e. The molecule has 20 heavy (non-hydrogen) atoms. The molecule has 1 aromatic rings. The summed E-state index contributed by atoms with van der Waals surface area (Å²) < 4.78 is 0. The van der Waals surface area contributed by atoms with Crippen molar-refractivity contribution in [3.63, 3.8) is 0 Å². The van der Waals surface area contributed by atoms with Crippen LogP contribution in [-0.4, -0.2) is 29.5 Å². The van der Waals surface area contributed by atoms with Crippen LogP contribution in [0.4, 0.5) is 0 Å². The van der Waals surface area contributed by atoms with Crippen molar-refractivity contribution < 1.29 is 0 Å². The molecule has 0 saturated carbocycles. The average Bonchev–Trinajstić information content (AvgIpc) is 2.80. The van der Waals surface area contributed by atoms with Crippen LogP contribution in [0.3, 0.4) is 0 Å². The highest BCUT2D eigenvalue weighted by atomic mass is 32.1. The second-order valence-corrected chi connectivity index (χ2v) is 8.03. The van der Waals surface area contributed by atoms with Crippen LogP contribution < -0.4 is 0 Å². The maximum absolute atomic E-state index is 9.26. The van der Waals surface area contributed by atoms with Crippen LogP contribution in [0.2, 0.25) is 0 Å². The van der Waals surface area contributed by atoms with Crippen molar-refractivity contribution in [2.24, 2.45) is 5.92 Å². The minimum atomic E-state index is -0.0422. The fourth-order valence-corrected chi connectivity index (χ4v) is 3.86. The Balaban J connectivity index is 2.00. The van der Waals surface area contributed by atoms with E-state index in [0.29, 0.717) is 0 Å². The van der Waals surface area contributed by atoms with Crippen molar-refractivity contribution in [1.82, 2.24) is 9.88 Å². The van der Waals surface area contributed by atoms with Crippen LogP contribution in [0, 0.1) is 17.2 Å². The SMILES string of the molecule is CC1CCCN(CCc2nc(C(C)(C)C)c(C#N)s2)C1. The van der Waals surface area contributed by atoms with Gasteiger partial charge in [0, 0.05) is 24.9 Å². The van der Waals surface area contributed by atoms with Gasteiger partial charge >= 0.3 is 0 Å². The number of nitrogens with zero attached hydrogens (tertiary/aromatic N) is 3. The Morgan fingerprint density at radius 3 is 2.75 bits per heavy atom. The highest BCUT2D eigenvalue weighted by Crippen LogP contribution is 2.29. The van der Waals surface area contributed by atoms with Crippen molar-refractivity contribution in [2.75, 3.05) is 19.6 Å². The van der Waals surface area contributed by atoms with E-state index in [1.807, 2.05) is 0 Å². The fraction of sp³-hybridized carbons (Fsp3) is 0.750. The first kappa shape index (κ1) is 15.5. The zero-order valence-corrected chi connectivity index (χ0v) is 13.9. The number of hydrogen-bond donors (Lipinski definition) is 0. The number of nitriles is 1. The van der Waals surface area contributed by atoms with Crippen LogP contribution in [0.1, 0.15) is 56.1 Å². The molecule has 1 atom stereocenters. The van der Waals surface area contributed by atoms with Crippen molar-refractivity contribution in [2.45, 2.75) is 52.4 Å². The highest BCUT2D eigenvalue weighted by Gasteiger charge is 2.23. The normalized spacial score (nSPS) is 20.9. The molecule has 0 aliphatic carbocycles. The number of hydrogen-bond acceptors (Lipinski definition) is 4. The Hall–Kier alpha value is -0.920. The summed E-state index contributed by atoms with van der Waals surface area (Å²) >= 11 is 1.58. The van der Waals surface area contributed by atoms with Crippen LogP contribution >= 0.6 is 11.3 Å². The molecular weight excluding hydrogens is 266 g/mol. The summed E-state index contributed by atoms with van der Waals surface area (Å²) in [5.41, 5.74) is 0.923. The summed E-state index contributed by atoms with van der Waals surface area (Å²) in [6.45, 7) is 12.2. The summed E-state index contributed by atoms with van der Waals surface area (Å²) in [6.07, 6.45) is 3.65. The molecule has 1 aliphatic rings. The molecule has 2 heterocycles. The lowest BCUT2D eigenvalue weighted by Gasteiger charge is -2.30. The highest BCUT2D eigenvalue weighted by molar-refractivity contribution is 7.12. The summed E-state index contributed by atoms with van der Waals surface area (Å²) in [7, 11) is 0. The molecule has 1 unspecified atom stereocenters. The first-order valence-corrected chi connectivity index (χ1v) is 8.34. The monoisotopic (exact) mass is 291 g/mol. The maximum atomic E-state index is 9.26. The number of rotatable bonds is 3. The predicted molar refractivity (Wildman–Crippen MR) is 84.1 cm³/mol. The average molecular weight is 291 g/mol. The number of piperidine rings is 1. The molecule has 0 N–H and O–H groups in total. The van der Waals surface area contributed by atoms with Gasteiger partial charge in [-0.2, -0.15) is 5.26 Å². The van der Waals surface area contributed by atoms with E-state index in [1.54, 1.807) is 11.3 Å². The summed E-state index contributed by atoms with van der Waals surface area (Å²) in [5.74, 6) is 0.819. The van der Waals surface area contributed by atoms with Gasteiger partial charge in [-0.25, -0.2) is 4.98 Å². The van der Waals surface area contributed by atoms with Crippen molar-refractivity contribution in [1.29, 1.82) is 5.26 Å². The third kappa shape index (κ3) is 3.80. The largest absolute Gasteiger partial charge is 0.303 e. The third-order valence-electron chi connectivity index (χ3n) is 3.87. The topological polar surface area (TPSA) is 39.9 Å². The first-order valence-electron chi connectivity index (χ1n) is 7.53. The first-order chi connectivity index (χ1) is 9.40. The zero-order chi connectivity index (χ0) is 14.8. The fourth-order valence-electron chi connectivity index (χ4n) is 2.80. The van der Waals surface area contributed by atoms with Crippen LogP contribution in [0.25, 0.3) is 0 Å². The predicted octanol–water partition coefficient (Wildman–Crippen LogP) is 3.59. The van der Waals surface area contributed by atoms with Crippen molar-refractivity contribution >= 4 is 11.3 Å². The van der Waals surface area contributed by atoms with Gasteiger partial charge in [0.2, 0.25) is 0 Å². The van der Waals surface area contributed by atoms with E-state index in [4.69, 9.17) is 4.98 Å². The molecular formula is C16H25N3S. The van der Waals surface area contributed by atoms with Gasteiger partial charge in [-0.05, 0) is 25.3 Å². The van der Waals surface area contributed by atoms with E-state index < -0.39 is 0 Å². The van der Waals surface area contributed by atoms with Gasteiger partial charge in [0.05, 0.1) is 10.7 Å². The summed E-state index contributed by atoms with van der Waals surface area (Å²) in [4.78, 5) is 8.06. The lowest BCUT2D eigenvalue weighted by Crippen LogP contribution is -2.35. The van der Waals surface area contributed by atoms with Crippen LogP contribution in [-0.2, 0) is 11.8 Å². The number of likely N-dealkylation sites (tertiary alicyclic amines) is 1. The van der Waals surface area contributed by atoms with Gasteiger partial charge in [0.25, 0.3) is 0 Å². The molecule has 0 radical (unpaired) electrons. The van der Waals surface area contributed by atoms with Gasteiger partial charge in [0.15, 0.2) is 0 Å². The van der Waals surface area contributed by atoms with Gasteiger partial charge in [-0.15, -0.1) is 11.3 Å². The molecule has 1 fully saturated rings. The summed E-state index contributed by atoms with van der Waals surface area (Å²) in [6, 6.07) is 2.31. The molecule has 4 heteroatoms. The van der Waals surface area contributed by atoms with Crippen LogP contribution in [0.15, 0.2) is 0 Å². The van der Waals surface area contributed by atoms with Gasteiger partial charge in [-0.1, -0.05) is 27.7 Å². The third-order valence-corrected chi connectivity index (χ3v) is 4.89. The second-order valence-electron chi connectivity index (χ2n) is 6.95. The van der Waals surface area contributed by atoms with Gasteiger partial charge < -0.3 is 4.90 Å². The van der Waals surface area contributed by atoms with E-state index in [-0.39, 0.29) is 5.41 Å². The number of thiazole rings is 1. The van der Waals surface area contributed by atoms with Crippen molar-refractivity contribution in [3.8, 4) is 6.07 Å². The van der Waals surface area contributed by atoms with E-state index in [9.17, 15) is 5.26 Å². The Morgan fingerprint density at radius 2 is 2.20 bits per heavy atom. The van der Waals surface area contributed by atoms with E-state index in [1.165, 1.54) is 25.9 Å². The molecule has 0 aromatic carbocycles. The van der Waals surface area contributed by atoms with E-state index >= 15 is 0 Å². The zero-order valence-electron chi connectivity index (χ0n) is 13.1. The maximum Gasteiger partial charge on any atom is 0.128 e. The van der Waals surface area contributed by atoms with Gasteiger partial charge in [0.1, 0.15) is 10.9 Å². The molecule has 110 valence electrons. The lowest BCUT2D eigenvalue weighted by atomic mass is 9.91. The molecule has 1 saturated heterocycles. The molecule has 0 amide bonds. The van der Waals surface area contributed by atoms with E-state index in [0.717, 1.165) is 34.5 Å². The van der Waals surface area contributed by atoms with Crippen LogP contribution in [0.5, 0.6) is 0 Å². The minimum absolute atomic E-state index is 0.0422. The molecule has 3 nitrogen and oxygen atoms in total. The Kier molecular flexibility index (Phi) is 4.82. The molecule has 0 bridgehead atoms. The van der Waals surface area contributed by atoms with Gasteiger partial charge in [-0.3, -0.25) is 0 Å². The standard InChI is InChI=1S/C16H25N3S/c1-12-6-5-8-19(11-12)9-7-14-18-15(16(2,3)4)13(10-17)20-14/h12H,5-9,11H2,1-4H3. The quantitative estimate of drug-likeness (QED) is 0.854. The Morgan fingerprint density at radius 1 is 1.45 bits per heavy atom. The molecule has 0 spiro atoms. The second kappa shape index (κ2) is 6.24. The smallest absolute Gasteiger partial charge is 0.128 e. The number of aromatic nitrogens is 1.